The number of ether oxygens (including phenoxy) is 1. The minimum atomic E-state index is -1.50. The van der Waals surface area contributed by atoms with E-state index >= 15 is 9.59 Å². The van der Waals surface area contributed by atoms with Crippen molar-refractivity contribution in [2.75, 3.05) is 28.3 Å². The number of nitriles is 1. The molecule has 1 aromatic heterocycles. The number of para-hydroxylation sites is 1. The van der Waals surface area contributed by atoms with Gasteiger partial charge in [-0.25, -0.2) is 4.79 Å². The molecule has 1 aliphatic heterocycles. The molecule has 70 heavy (non-hydrogen) atoms. The first kappa shape index (κ1) is 58.7. The summed E-state index contributed by atoms with van der Waals surface area (Å²) in [5.74, 6) is -4.90. The number of hydrogen-bond acceptors (Lipinski definition) is 10. The van der Waals surface area contributed by atoms with Gasteiger partial charge in [-0.1, -0.05) is 112 Å². The van der Waals surface area contributed by atoms with Crippen LogP contribution in [0.15, 0.2) is 30.5 Å². The predicted octanol–water partition coefficient (Wildman–Crippen LogP) is 5.95. The Hall–Kier alpha value is -5.66. The Kier molecular flexibility index (Phi) is 23.7. The lowest BCUT2D eigenvalue weighted by Crippen LogP contribution is -2.60. The lowest BCUT2D eigenvalue weighted by Gasteiger charge is -2.35. The van der Waals surface area contributed by atoms with E-state index in [0.717, 1.165) is 49.4 Å². The third-order valence-electron chi connectivity index (χ3n) is 13.6. The van der Waals surface area contributed by atoms with Crippen LogP contribution >= 0.6 is 0 Å². The Balaban J connectivity index is 2.33. The van der Waals surface area contributed by atoms with E-state index < -0.39 is 83.8 Å². The maximum Gasteiger partial charge on any atom is 0.329 e. The molecule has 390 valence electrons. The van der Waals surface area contributed by atoms with E-state index in [-0.39, 0.29) is 68.6 Å². The number of likely N-dealkylation sites (N-methyl/N-ethyl adjacent to an activating group) is 3. The molecule has 0 spiro atoms. The van der Waals surface area contributed by atoms with Gasteiger partial charge in [0, 0.05) is 52.0 Å². The van der Waals surface area contributed by atoms with E-state index in [4.69, 9.17) is 9.57 Å². The summed E-state index contributed by atoms with van der Waals surface area (Å²) < 4.78 is 7.40. The van der Waals surface area contributed by atoms with E-state index in [1.165, 1.54) is 49.9 Å². The summed E-state index contributed by atoms with van der Waals surface area (Å²) in [4.78, 5) is 112. The Morgan fingerprint density at radius 3 is 1.69 bits per heavy atom. The molecule has 3 rings (SSSR count). The van der Waals surface area contributed by atoms with Crippen LogP contribution in [0.4, 0.5) is 0 Å². The van der Waals surface area contributed by atoms with Crippen molar-refractivity contribution in [1.82, 2.24) is 35.4 Å². The topological polar surface area (TPSA) is 212 Å². The fraction of sp³-hybridized carbons (Fsp3) is 0.698. The maximum absolute atomic E-state index is 15.1. The van der Waals surface area contributed by atoms with Gasteiger partial charge in [-0.15, -0.1) is 0 Å². The highest BCUT2D eigenvalue weighted by atomic mass is 16.6. The lowest BCUT2D eigenvalue weighted by molar-refractivity contribution is -0.163. The van der Waals surface area contributed by atoms with Crippen molar-refractivity contribution in [2.24, 2.45) is 23.7 Å². The van der Waals surface area contributed by atoms with Crippen LogP contribution in [0.5, 0.6) is 0 Å². The summed E-state index contributed by atoms with van der Waals surface area (Å²) in [6, 6.07) is 2.50. The van der Waals surface area contributed by atoms with Crippen molar-refractivity contribution >= 4 is 52.3 Å². The molecule has 17 nitrogen and oxygen atoms in total. The molecule has 1 aromatic carbocycles. The second-order valence-electron chi connectivity index (χ2n) is 20.5. The molecule has 3 N–H and O–H groups in total. The second-order valence-corrected chi connectivity index (χ2v) is 20.5. The summed E-state index contributed by atoms with van der Waals surface area (Å²) in [6.07, 6.45) is 5.86. The number of benzene rings is 1. The van der Waals surface area contributed by atoms with Crippen molar-refractivity contribution in [3.05, 3.63) is 36.0 Å². The molecular formula is C53H84N8O9. The van der Waals surface area contributed by atoms with E-state index in [1.54, 1.807) is 10.9 Å². The predicted molar refractivity (Wildman–Crippen MR) is 270 cm³/mol. The molecule has 1 saturated heterocycles. The highest BCUT2D eigenvalue weighted by molar-refractivity contribution is 5.98. The van der Waals surface area contributed by atoms with Crippen molar-refractivity contribution in [3.63, 3.8) is 0 Å². The third-order valence-corrected chi connectivity index (χ3v) is 13.6. The van der Waals surface area contributed by atoms with Gasteiger partial charge >= 0.3 is 5.97 Å². The van der Waals surface area contributed by atoms with Gasteiger partial charge in [0.1, 0.15) is 43.4 Å². The summed E-state index contributed by atoms with van der Waals surface area (Å²) in [6.45, 7) is 17.2. The van der Waals surface area contributed by atoms with Crippen LogP contribution in [0, 0.1) is 35.0 Å². The van der Waals surface area contributed by atoms with E-state index in [0.29, 0.717) is 5.56 Å². The van der Waals surface area contributed by atoms with Gasteiger partial charge in [-0.05, 0) is 67.9 Å². The highest BCUT2D eigenvalue weighted by Gasteiger charge is 2.41. The zero-order valence-corrected chi connectivity index (χ0v) is 44.3. The van der Waals surface area contributed by atoms with Crippen LogP contribution in [0.1, 0.15) is 145 Å². The van der Waals surface area contributed by atoms with Gasteiger partial charge in [-0.3, -0.25) is 28.8 Å². The summed E-state index contributed by atoms with van der Waals surface area (Å²) in [7, 11) is 5.96. The van der Waals surface area contributed by atoms with Gasteiger partial charge < -0.3 is 40.2 Å². The van der Waals surface area contributed by atoms with Crippen molar-refractivity contribution < 1.29 is 43.1 Å². The molecule has 2 heterocycles. The maximum atomic E-state index is 15.1. The molecular weight excluding hydrogens is 893 g/mol. The minimum absolute atomic E-state index is 0.00540. The Morgan fingerprint density at radius 2 is 1.17 bits per heavy atom. The number of cyclic esters (lactones) is 1. The molecule has 0 aliphatic carbocycles. The number of unbranched alkanes of at least 4 members (excludes halogenated alkanes) is 2. The standard InChI is InChI=1S/C53H84N8O9/c1-14-16-21-35(7)29-41-50(65)58(10)37(9)53(68)70-46(25-20-26-54)49(64)57-42(30-36(8)22-17-15-2)52(67)59(11)44(28-34(5)6)47(62)55-40(27-33(3)4)51(66)60(12)45(48(63)56-41)31-38-32-61(69-13)43-24-19-18-23-39(38)43/h18-19,23-24,32-37,40-42,44-46H,14-17,20-22,25,27-31H2,1-13H3,(H,55,62)(H,56,63)(H,57,64)/t35-,36-,37+,40+,41+,42+,44-,45+,46-/m1/s1. The first-order valence-corrected chi connectivity index (χ1v) is 25.5. The number of carbonyl (C=O) groups excluding carboxylic acids is 7. The first-order valence-electron chi connectivity index (χ1n) is 25.5. The van der Waals surface area contributed by atoms with Gasteiger partial charge in [0.25, 0.3) is 5.91 Å². The van der Waals surface area contributed by atoms with Crippen LogP contribution in [-0.4, -0.2) is 131 Å². The van der Waals surface area contributed by atoms with Gasteiger partial charge in [-0.2, -0.15) is 9.99 Å². The van der Waals surface area contributed by atoms with E-state index in [9.17, 15) is 29.2 Å². The Morgan fingerprint density at radius 1 is 0.686 bits per heavy atom. The van der Waals surface area contributed by atoms with Gasteiger partial charge in [0.15, 0.2) is 6.10 Å². The third kappa shape index (κ3) is 16.5. The van der Waals surface area contributed by atoms with E-state index in [2.05, 4.69) is 29.8 Å². The minimum Gasteiger partial charge on any atom is -0.451 e. The lowest BCUT2D eigenvalue weighted by atomic mass is 9.94. The Bertz CT molecular complexity index is 2120. The molecule has 0 bridgehead atoms. The first-order chi connectivity index (χ1) is 33.1. The molecule has 17 heteroatoms. The summed E-state index contributed by atoms with van der Waals surface area (Å²) in [5.41, 5.74) is 1.42. The smallest absolute Gasteiger partial charge is 0.329 e. The van der Waals surface area contributed by atoms with Crippen molar-refractivity contribution in [1.29, 1.82) is 5.26 Å². The quantitative estimate of drug-likeness (QED) is 0.141. The molecule has 6 amide bonds. The number of hydrogen-bond donors (Lipinski definition) is 3. The number of nitrogens with one attached hydrogen (secondary N) is 3. The molecule has 9 atom stereocenters. The average molecular weight is 977 g/mol. The number of carbonyl (C=O) groups is 7. The van der Waals surface area contributed by atoms with Crippen LogP contribution in [-0.2, 0) is 44.7 Å². The van der Waals surface area contributed by atoms with Crippen molar-refractivity contribution in [2.45, 2.75) is 188 Å². The molecule has 1 fully saturated rings. The zero-order valence-electron chi connectivity index (χ0n) is 44.3. The normalized spacial score (nSPS) is 23.9. The SMILES string of the molecule is CCCC[C@@H](C)C[C@@H]1NC(=O)[C@@H](CCC#N)OC(=O)[C@H](C)N(C)C(=O)[C@H](C[C@H](C)CCCC)NC(=O)[C@H](Cc2cn(OC)c3ccccc23)N(C)C(=O)[C@H](CC(C)C)NC(=O)[C@@H](CC(C)C)N(C)C1=O. The van der Waals surface area contributed by atoms with Crippen LogP contribution < -0.4 is 20.8 Å². The number of aromatic nitrogens is 1. The monoisotopic (exact) mass is 977 g/mol. The number of rotatable bonds is 19. The van der Waals surface area contributed by atoms with E-state index in [1.807, 2.05) is 71.9 Å². The van der Waals surface area contributed by atoms with Gasteiger partial charge in [0.05, 0.1) is 11.6 Å². The number of nitrogens with zero attached hydrogens (tertiary/aromatic N) is 5. The summed E-state index contributed by atoms with van der Waals surface area (Å²) >= 11 is 0. The highest BCUT2D eigenvalue weighted by Crippen LogP contribution is 2.26. The molecule has 0 saturated carbocycles. The van der Waals surface area contributed by atoms with Crippen LogP contribution in [0.2, 0.25) is 0 Å². The number of amides is 6. The fourth-order valence-corrected chi connectivity index (χ4v) is 9.19. The van der Waals surface area contributed by atoms with Gasteiger partial charge in [0.2, 0.25) is 29.5 Å². The fourth-order valence-electron chi connectivity index (χ4n) is 9.19. The largest absolute Gasteiger partial charge is 0.451 e. The average Bonchev–Trinajstić information content (AvgIpc) is 3.68. The number of fused-ring (bicyclic) bond motifs is 1. The molecule has 0 radical (unpaired) electrons. The van der Waals surface area contributed by atoms with Crippen LogP contribution in [0.3, 0.4) is 0 Å². The molecule has 2 aromatic rings. The van der Waals surface area contributed by atoms with Crippen LogP contribution in [0.25, 0.3) is 10.9 Å². The van der Waals surface area contributed by atoms with Crippen molar-refractivity contribution in [3.8, 4) is 6.07 Å². The molecule has 1 aliphatic rings. The summed E-state index contributed by atoms with van der Waals surface area (Å²) in [5, 5.41) is 19.2. The zero-order chi connectivity index (χ0) is 52.4. The second kappa shape index (κ2) is 28.3. The molecule has 0 unspecified atom stereocenters. The number of esters is 1. The Labute approximate surface area is 417 Å².